The third kappa shape index (κ3) is 4.50. The first-order valence-electron chi connectivity index (χ1n) is 20.6. The van der Waals surface area contributed by atoms with Gasteiger partial charge in [-0.2, -0.15) is 10.5 Å². The van der Waals surface area contributed by atoms with Crippen molar-refractivity contribution in [1.29, 1.82) is 10.5 Å². The molecule has 0 amide bonds. The van der Waals surface area contributed by atoms with Crippen LogP contribution in [-0.4, -0.2) is 9.13 Å². The van der Waals surface area contributed by atoms with E-state index in [2.05, 4.69) is 81.9 Å². The molecule has 62 heavy (non-hydrogen) atoms. The Morgan fingerprint density at radius 1 is 0.339 bits per heavy atom. The van der Waals surface area contributed by atoms with Crippen LogP contribution in [0.5, 0.6) is 0 Å². The molecular formula is C56H30N4O2. The maximum atomic E-state index is 12.0. The van der Waals surface area contributed by atoms with Gasteiger partial charge in [0.1, 0.15) is 34.5 Å². The molecule has 0 aliphatic rings. The van der Waals surface area contributed by atoms with Gasteiger partial charge in [-0.15, -0.1) is 0 Å². The van der Waals surface area contributed by atoms with Gasteiger partial charge in [0.25, 0.3) is 0 Å². The Balaban J connectivity index is 1.33. The maximum Gasteiger partial charge on any atom is 0.137 e. The molecule has 0 atom stereocenters. The summed E-state index contributed by atoms with van der Waals surface area (Å²) in [6.45, 7) is 0. The molecule has 13 aromatic rings. The lowest BCUT2D eigenvalue weighted by Crippen LogP contribution is -2.11. The van der Waals surface area contributed by atoms with Gasteiger partial charge in [0.2, 0.25) is 0 Å². The summed E-state index contributed by atoms with van der Waals surface area (Å²) in [7, 11) is 0. The van der Waals surface area contributed by atoms with Gasteiger partial charge in [0.15, 0.2) is 0 Å². The molecule has 0 bridgehead atoms. The third-order valence-electron chi connectivity index (χ3n) is 12.6. The molecule has 0 fully saturated rings. The first kappa shape index (κ1) is 34.1. The number of aromatic nitrogens is 2. The summed E-state index contributed by atoms with van der Waals surface area (Å²) in [5, 5.41) is 32.0. The fourth-order valence-electron chi connectivity index (χ4n) is 10.2. The van der Waals surface area contributed by atoms with Crippen LogP contribution in [0.4, 0.5) is 0 Å². The number of furan rings is 2. The van der Waals surface area contributed by atoms with Gasteiger partial charge in [-0.3, -0.25) is 0 Å². The minimum absolute atomic E-state index is 0.437. The van der Waals surface area contributed by atoms with E-state index >= 15 is 0 Å². The first-order valence-corrected chi connectivity index (χ1v) is 20.6. The van der Waals surface area contributed by atoms with Gasteiger partial charge in [-0.1, -0.05) is 133 Å². The van der Waals surface area contributed by atoms with E-state index in [1.807, 2.05) is 121 Å². The Labute approximate surface area is 353 Å². The van der Waals surface area contributed by atoms with E-state index in [1.165, 1.54) is 0 Å². The van der Waals surface area contributed by atoms with Crippen molar-refractivity contribution < 1.29 is 8.83 Å². The van der Waals surface area contributed by atoms with Gasteiger partial charge in [0, 0.05) is 43.4 Å². The first-order chi connectivity index (χ1) is 30.7. The van der Waals surface area contributed by atoms with Gasteiger partial charge in [0.05, 0.1) is 55.3 Å². The Kier molecular flexibility index (Phi) is 7.05. The van der Waals surface area contributed by atoms with Gasteiger partial charge < -0.3 is 18.0 Å². The SMILES string of the molecule is N#Cc1c(-c2ccccc2)c(-n2c3ccccc3c3ccc4oc5ccccc5c4c32)c(C#N)c(-c2ccccc2)c1-n1c2ccccc2c2ccc3oc4ccccc4c3c21. The number of hydrogen-bond donors (Lipinski definition) is 0. The van der Waals surface area contributed by atoms with Gasteiger partial charge in [-0.05, 0) is 59.7 Å². The van der Waals surface area contributed by atoms with Gasteiger partial charge in [-0.25, -0.2) is 0 Å². The van der Waals surface area contributed by atoms with Crippen LogP contribution in [0, 0.1) is 22.7 Å². The van der Waals surface area contributed by atoms with Crippen LogP contribution in [-0.2, 0) is 0 Å². The highest BCUT2D eigenvalue weighted by Crippen LogP contribution is 2.51. The molecule has 13 rings (SSSR count). The molecule has 9 aromatic carbocycles. The molecule has 4 aromatic heterocycles. The molecule has 0 saturated heterocycles. The Morgan fingerprint density at radius 2 is 0.710 bits per heavy atom. The van der Waals surface area contributed by atoms with Crippen molar-refractivity contribution in [2.24, 2.45) is 0 Å². The number of rotatable bonds is 4. The van der Waals surface area contributed by atoms with Crippen molar-refractivity contribution in [3.63, 3.8) is 0 Å². The second-order valence-electron chi connectivity index (χ2n) is 15.7. The molecule has 4 heterocycles. The van der Waals surface area contributed by atoms with Crippen LogP contribution in [0.1, 0.15) is 11.1 Å². The molecule has 0 unspecified atom stereocenters. The summed E-state index contributed by atoms with van der Waals surface area (Å²) >= 11 is 0. The summed E-state index contributed by atoms with van der Waals surface area (Å²) < 4.78 is 17.5. The Hall–Kier alpha value is -8.84. The largest absolute Gasteiger partial charge is 0.456 e. The highest BCUT2D eigenvalue weighted by Gasteiger charge is 2.33. The van der Waals surface area contributed by atoms with E-state index < -0.39 is 0 Å². The molecular weight excluding hydrogens is 761 g/mol. The van der Waals surface area contributed by atoms with E-state index in [1.54, 1.807) is 0 Å². The van der Waals surface area contributed by atoms with Crippen molar-refractivity contribution in [3.05, 3.63) is 193 Å². The molecule has 0 aliphatic carbocycles. The maximum absolute atomic E-state index is 12.0. The van der Waals surface area contributed by atoms with E-state index in [9.17, 15) is 10.5 Å². The lowest BCUT2D eigenvalue weighted by atomic mass is 9.86. The van der Waals surface area contributed by atoms with Crippen molar-refractivity contribution in [3.8, 4) is 45.8 Å². The van der Waals surface area contributed by atoms with Gasteiger partial charge >= 0.3 is 0 Å². The van der Waals surface area contributed by atoms with Crippen LogP contribution in [0.3, 0.4) is 0 Å². The van der Waals surface area contributed by atoms with Crippen molar-refractivity contribution in [2.45, 2.75) is 0 Å². The number of benzene rings is 9. The van der Waals surface area contributed by atoms with Crippen molar-refractivity contribution in [2.75, 3.05) is 0 Å². The van der Waals surface area contributed by atoms with Crippen molar-refractivity contribution in [1.82, 2.24) is 9.13 Å². The Morgan fingerprint density at radius 3 is 1.13 bits per heavy atom. The van der Waals surface area contributed by atoms with E-state index in [0.717, 1.165) is 98.6 Å². The quantitative estimate of drug-likeness (QED) is 0.178. The minimum Gasteiger partial charge on any atom is -0.456 e. The lowest BCUT2D eigenvalue weighted by Gasteiger charge is -2.25. The summed E-state index contributed by atoms with van der Waals surface area (Å²) in [6.07, 6.45) is 0. The summed E-state index contributed by atoms with van der Waals surface area (Å²) in [5.74, 6) is 0. The average molecular weight is 791 g/mol. The monoisotopic (exact) mass is 790 g/mol. The van der Waals surface area contributed by atoms with Crippen LogP contribution in [0.15, 0.2) is 191 Å². The number of hydrogen-bond acceptors (Lipinski definition) is 4. The molecule has 6 nitrogen and oxygen atoms in total. The highest BCUT2D eigenvalue weighted by molar-refractivity contribution is 6.27. The molecule has 286 valence electrons. The van der Waals surface area contributed by atoms with Crippen LogP contribution >= 0.6 is 0 Å². The zero-order valence-electron chi connectivity index (χ0n) is 32.9. The normalized spacial score (nSPS) is 11.8. The third-order valence-corrected chi connectivity index (χ3v) is 12.6. The number of nitriles is 2. The number of nitrogens with zero attached hydrogens (tertiary/aromatic N) is 4. The number of para-hydroxylation sites is 4. The predicted molar refractivity (Wildman–Crippen MR) is 250 cm³/mol. The second-order valence-corrected chi connectivity index (χ2v) is 15.7. The summed E-state index contributed by atoms with van der Waals surface area (Å²) in [4.78, 5) is 0. The van der Waals surface area contributed by atoms with Crippen LogP contribution < -0.4 is 0 Å². The Bertz CT molecular complexity index is 3840. The summed E-state index contributed by atoms with van der Waals surface area (Å²) in [6, 6.07) is 66.8. The molecule has 0 saturated carbocycles. The lowest BCUT2D eigenvalue weighted by molar-refractivity contribution is 0.669. The predicted octanol–water partition coefficient (Wildman–Crippen LogP) is 14.8. The van der Waals surface area contributed by atoms with E-state index in [-0.39, 0.29) is 0 Å². The highest BCUT2D eigenvalue weighted by atomic mass is 16.3. The van der Waals surface area contributed by atoms with Crippen LogP contribution in [0.25, 0.3) is 121 Å². The summed E-state index contributed by atoms with van der Waals surface area (Å²) in [5.41, 5.74) is 11.7. The molecule has 0 radical (unpaired) electrons. The average Bonchev–Trinajstić information content (AvgIpc) is 4.08. The van der Waals surface area contributed by atoms with E-state index in [0.29, 0.717) is 33.6 Å². The van der Waals surface area contributed by atoms with Crippen molar-refractivity contribution >= 4 is 87.5 Å². The topological polar surface area (TPSA) is 83.7 Å². The zero-order valence-corrected chi connectivity index (χ0v) is 32.9. The molecule has 0 aliphatic heterocycles. The second kappa shape index (κ2) is 12.8. The molecule has 0 N–H and O–H groups in total. The molecule has 0 spiro atoms. The minimum atomic E-state index is 0.437. The molecule has 6 heteroatoms. The number of fused-ring (bicyclic) bond motifs is 14. The standard InChI is InChI=1S/C56H30N4O2/c57-31-41-49(33-15-3-1-4-16-33)55(59-43-23-11-7-19-35(43)37-27-29-47-51(53(37)59)39-21-9-13-25-45(39)61-47)42(32-58)50(34-17-5-2-6-18-34)56(41)60-44-24-12-8-20-36(44)38-28-30-48-52(54(38)60)40-22-10-14-26-46(40)62-48/h1-30H. The fourth-order valence-corrected chi connectivity index (χ4v) is 10.2. The fraction of sp³-hybridized carbons (Fsp3) is 0. The smallest absolute Gasteiger partial charge is 0.137 e. The zero-order chi connectivity index (χ0) is 41.1. The van der Waals surface area contributed by atoms with Crippen LogP contribution in [0.2, 0.25) is 0 Å². The van der Waals surface area contributed by atoms with E-state index in [4.69, 9.17) is 8.83 Å².